The Kier molecular flexibility index (Phi) is 6.42. The van der Waals surface area contributed by atoms with Crippen LogP contribution in [0.4, 0.5) is 11.4 Å². The van der Waals surface area contributed by atoms with Crippen molar-refractivity contribution in [1.29, 1.82) is 0 Å². The van der Waals surface area contributed by atoms with Gasteiger partial charge in [0.05, 0.1) is 16.8 Å². The second-order valence-electron chi connectivity index (χ2n) is 6.44. The first kappa shape index (κ1) is 19.7. The SMILES string of the molecule is CCN1CCN(c2ccccc2NS(=O)(=O)/C=C/c2ccc(Cl)cc2)CC1. The molecule has 2 aromatic carbocycles. The van der Waals surface area contributed by atoms with Crippen LogP contribution in [0.2, 0.25) is 5.02 Å². The Morgan fingerprint density at radius 3 is 2.37 bits per heavy atom. The van der Waals surface area contributed by atoms with Crippen molar-refractivity contribution in [2.45, 2.75) is 6.92 Å². The molecule has 1 saturated heterocycles. The second-order valence-corrected chi connectivity index (χ2v) is 8.44. The van der Waals surface area contributed by atoms with Gasteiger partial charge in [-0.2, -0.15) is 0 Å². The van der Waals surface area contributed by atoms with Crippen LogP contribution in [0, 0.1) is 0 Å². The zero-order valence-corrected chi connectivity index (χ0v) is 16.9. The molecule has 144 valence electrons. The normalized spacial score (nSPS) is 16.0. The third-order valence-electron chi connectivity index (χ3n) is 4.63. The Morgan fingerprint density at radius 1 is 1.04 bits per heavy atom. The summed E-state index contributed by atoms with van der Waals surface area (Å²) in [6.07, 6.45) is 1.56. The average Bonchev–Trinajstić information content (AvgIpc) is 2.68. The van der Waals surface area contributed by atoms with E-state index < -0.39 is 10.0 Å². The summed E-state index contributed by atoms with van der Waals surface area (Å²) >= 11 is 5.86. The molecule has 2 aromatic rings. The summed E-state index contributed by atoms with van der Waals surface area (Å²) in [5, 5.41) is 1.80. The van der Waals surface area contributed by atoms with Gasteiger partial charge >= 0.3 is 0 Å². The van der Waals surface area contributed by atoms with Gasteiger partial charge in [0.2, 0.25) is 0 Å². The highest BCUT2D eigenvalue weighted by atomic mass is 35.5. The van der Waals surface area contributed by atoms with Gasteiger partial charge in [0.15, 0.2) is 0 Å². The van der Waals surface area contributed by atoms with Gasteiger partial charge in [-0.1, -0.05) is 42.8 Å². The first-order valence-electron chi connectivity index (χ1n) is 8.99. The molecule has 0 unspecified atom stereocenters. The van der Waals surface area contributed by atoms with E-state index in [1.807, 2.05) is 18.2 Å². The van der Waals surface area contributed by atoms with Crippen molar-refractivity contribution in [1.82, 2.24) is 4.90 Å². The first-order valence-corrected chi connectivity index (χ1v) is 10.9. The molecule has 1 heterocycles. The van der Waals surface area contributed by atoms with Crippen LogP contribution in [-0.2, 0) is 10.0 Å². The predicted molar refractivity (Wildman–Crippen MR) is 114 cm³/mol. The fourth-order valence-corrected chi connectivity index (χ4v) is 4.08. The van der Waals surface area contributed by atoms with E-state index in [9.17, 15) is 8.42 Å². The van der Waals surface area contributed by atoms with E-state index in [2.05, 4.69) is 21.4 Å². The Bertz CT molecular complexity index is 890. The van der Waals surface area contributed by atoms with Crippen molar-refractivity contribution in [3.05, 3.63) is 64.5 Å². The summed E-state index contributed by atoms with van der Waals surface area (Å²) in [7, 11) is -3.62. The summed E-state index contributed by atoms with van der Waals surface area (Å²) in [5.74, 6) is 0. The lowest BCUT2D eigenvalue weighted by Crippen LogP contribution is -2.46. The highest BCUT2D eigenvalue weighted by Gasteiger charge is 2.19. The zero-order chi connectivity index (χ0) is 19.3. The molecule has 1 fully saturated rings. The van der Waals surface area contributed by atoms with E-state index in [1.54, 1.807) is 36.4 Å². The largest absolute Gasteiger partial charge is 0.367 e. The molecule has 0 bridgehead atoms. The Labute approximate surface area is 166 Å². The monoisotopic (exact) mass is 405 g/mol. The van der Waals surface area contributed by atoms with Gasteiger partial charge in [-0.05, 0) is 42.4 Å². The van der Waals surface area contributed by atoms with Crippen molar-refractivity contribution >= 4 is 39.1 Å². The number of likely N-dealkylation sites (N-methyl/N-ethyl adjacent to an activating group) is 1. The number of halogens is 1. The molecule has 1 N–H and O–H groups in total. The van der Waals surface area contributed by atoms with Gasteiger partial charge in [-0.3, -0.25) is 4.72 Å². The number of hydrogen-bond acceptors (Lipinski definition) is 4. The number of nitrogens with one attached hydrogen (secondary N) is 1. The lowest BCUT2D eigenvalue weighted by atomic mass is 10.2. The predicted octanol–water partition coefficient (Wildman–Crippen LogP) is 3.89. The van der Waals surface area contributed by atoms with Crippen LogP contribution in [-0.4, -0.2) is 46.0 Å². The van der Waals surface area contributed by atoms with E-state index in [0.29, 0.717) is 10.7 Å². The minimum Gasteiger partial charge on any atom is -0.367 e. The standard InChI is InChI=1S/C20H24ClN3O2S/c1-2-23-12-14-24(15-13-23)20-6-4-3-5-19(20)22-27(25,26)16-11-17-7-9-18(21)10-8-17/h3-11,16,22H,2,12-15H2,1H3/b16-11+. The van der Waals surface area contributed by atoms with Gasteiger partial charge < -0.3 is 9.80 Å². The Morgan fingerprint density at radius 2 is 1.70 bits per heavy atom. The molecule has 0 saturated carbocycles. The van der Waals surface area contributed by atoms with Crippen LogP contribution in [0.5, 0.6) is 0 Å². The maximum absolute atomic E-state index is 12.5. The molecule has 3 rings (SSSR count). The molecule has 0 aromatic heterocycles. The molecule has 27 heavy (non-hydrogen) atoms. The smallest absolute Gasteiger partial charge is 0.255 e. The topological polar surface area (TPSA) is 52.6 Å². The number of rotatable bonds is 6. The van der Waals surface area contributed by atoms with Gasteiger partial charge in [-0.15, -0.1) is 0 Å². The van der Waals surface area contributed by atoms with Crippen molar-refractivity contribution in [3.63, 3.8) is 0 Å². The maximum atomic E-state index is 12.5. The fraction of sp³-hybridized carbons (Fsp3) is 0.300. The van der Waals surface area contributed by atoms with Crippen LogP contribution >= 0.6 is 11.6 Å². The van der Waals surface area contributed by atoms with Crippen molar-refractivity contribution in [3.8, 4) is 0 Å². The number of sulfonamides is 1. The van der Waals surface area contributed by atoms with Gasteiger partial charge in [0.1, 0.15) is 0 Å². The Balaban J connectivity index is 1.74. The van der Waals surface area contributed by atoms with E-state index in [4.69, 9.17) is 11.6 Å². The number of benzene rings is 2. The van der Waals surface area contributed by atoms with Gasteiger partial charge in [0.25, 0.3) is 10.0 Å². The molecule has 5 nitrogen and oxygen atoms in total. The molecule has 0 radical (unpaired) electrons. The third-order valence-corrected chi connectivity index (χ3v) is 5.88. The average molecular weight is 406 g/mol. The van der Waals surface area contributed by atoms with Crippen LogP contribution in [0.3, 0.4) is 0 Å². The molecule has 7 heteroatoms. The van der Waals surface area contributed by atoms with Crippen molar-refractivity contribution in [2.75, 3.05) is 42.3 Å². The van der Waals surface area contributed by atoms with Crippen molar-refractivity contribution < 1.29 is 8.42 Å². The maximum Gasteiger partial charge on any atom is 0.255 e. The first-order chi connectivity index (χ1) is 13.0. The fourth-order valence-electron chi connectivity index (χ4n) is 3.07. The highest BCUT2D eigenvalue weighted by molar-refractivity contribution is 7.95. The number of para-hydroxylation sites is 2. The number of hydrogen-bond donors (Lipinski definition) is 1. The zero-order valence-electron chi connectivity index (χ0n) is 15.3. The summed E-state index contributed by atoms with van der Waals surface area (Å²) in [6, 6.07) is 14.5. The van der Waals surface area contributed by atoms with E-state index in [0.717, 1.165) is 44.0 Å². The summed E-state index contributed by atoms with van der Waals surface area (Å²) in [5.41, 5.74) is 2.29. The Hall–Kier alpha value is -2.02. The molecule has 0 amide bonds. The summed E-state index contributed by atoms with van der Waals surface area (Å²) < 4.78 is 27.7. The molecule has 1 aliphatic heterocycles. The van der Waals surface area contributed by atoms with Crippen molar-refractivity contribution in [2.24, 2.45) is 0 Å². The van der Waals surface area contributed by atoms with Crippen LogP contribution in [0.25, 0.3) is 6.08 Å². The van der Waals surface area contributed by atoms with E-state index >= 15 is 0 Å². The summed E-state index contributed by atoms with van der Waals surface area (Å²) in [6.45, 7) is 6.92. The summed E-state index contributed by atoms with van der Waals surface area (Å²) in [4.78, 5) is 4.62. The molecule has 1 aliphatic rings. The van der Waals surface area contributed by atoms with Crippen LogP contribution < -0.4 is 9.62 Å². The highest BCUT2D eigenvalue weighted by Crippen LogP contribution is 2.27. The number of anilines is 2. The molecule has 0 spiro atoms. The number of piperazine rings is 1. The van der Waals surface area contributed by atoms with E-state index in [-0.39, 0.29) is 0 Å². The lowest BCUT2D eigenvalue weighted by molar-refractivity contribution is 0.271. The third kappa shape index (κ3) is 5.48. The molecular weight excluding hydrogens is 382 g/mol. The van der Waals surface area contributed by atoms with Crippen LogP contribution in [0.15, 0.2) is 53.9 Å². The van der Waals surface area contributed by atoms with E-state index in [1.165, 1.54) is 5.41 Å². The van der Waals surface area contributed by atoms with Gasteiger partial charge in [0, 0.05) is 31.2 Å². The minimum absolute atomic E-state index is 0.600. The minimum atomic E-state index is -3.62. The molecule has 0 atom stereocenters. The lowest BCUT2D eigenvalue weighted by Gasteiger charge is -2.36. The van der Waals surface area contributed by atoms with Crippen LogP contribution in [0.1, 0.15) is 12.5 Å². The van der Waals surface area contributed by atoms with Gasteiger partial charge in [-0.25, -0.2) is 8.42 Å². The molecular formula is C20H24ClN3O2S. The molecule has 0 aliphatic carbocycles. The quantitative estimate of drug-likeness (QED) is 0.792. The number of nitrogens with zero attached hydrogens (tertiary/aromatic N) is 2. The second kappa shape index (κ2) is 8.78.